The van der Waals surface area contributed by atoms with Crippen molar-refractivity contribution in [1.29, 1.82) is 0 Å². The largest absolute Gasteiger partial charge is 0.343 e. The van der Waals surface area contributed by atoms with Gasteiger partial charge in [-0.25, -0.2) is 13.1 Å². The maximum atomic E-state index is 12.6. The highest BCUT2D eigenvalue weighted by molar-refractivity contribution is 7.89. The Morgan fingerprint density at radius 2 is 1.89 bits per heavy atom. The van der Waals surface area contributed by atoms with E-state index in [2.05, 4.69) is 4.72 Å². The molecule has 1 aromatic carbocycles. The van der Waals surface area contributed by atoms with Gasteiger partial charge in [0.1, 0.15) is 0 Å². The molecule has 3 rings (SSSR count). The number of carbonyl (C=O) groups is 2. The molecule has 0 unspecified atom stereocenters. The lowest BCUT2D eigenvalue weighted by Crippen LogP contribution is -2.37. The number of sulfonamides is 1. The fourth-order valence-electron chi connectivity index (χ4n) is 3.93. The van der Waals surface area contributed by atoms with Crippen LogP contribution in [0.15, 0.2) is 23.1 Å². The van der Waals surface area contributed by atoms with Crippen LogP contribution in [0.4, 0.5) is 5.69 Å². The summed E-state index contributed by atoms with van der Waals surface area (Å²) in [5.74, 6) is -0.0523. The molecule has 2 aliphatic rings. The van der Waals surface area contributed by atoms with Gasteiger partial charge in [-0.1, -0.05) is 0 Å². The molecular formula is C19H27N3O4S. The molecule has 7 nitrogen and oxygen atoms in total. The van der Waals surface area contributed by atoms with Crippen molar-refractivity contribution in [3.8, 4) is 0 Å². The number of nitrogens with zero attached hydrogens (tertiary/aromatic N) is 2. The molecule has 2 amide bonds. The van der Waals surface area contributed by atoms with Crippen LogP contribution in [0.3, 0.4) is 0 Å². The van der Waals surface area contributed by atoms with E-state index in [0.29, 0.717) is 6.42 Å². The molecule has 1 saturated heterocycles. The van der Waals surface area contributed by atoms with Gasteiger partial charge in [0.15, 0.2) is 0 Å². The number of fused-ring (bicyclic) bond motifs is 1. The lowest BCUT2D eigenvalue weighted by atomic mass is 10.1. The Balaban J connectivity index is 1.63. The van der Waals surface area contributed by atoms with Crippen LogP contribution in [0.25, 0.3) is 0 Å². The van der Waals surface area contributed by atoms with Gasteiger partial charge in [-0.05, 0) is 56.4 Å². The zero-order valence-electron chi connectivity index (χ0n) is 15.9. The van der Waals surface area contributed by atoms with Gasteiger partial charge in [0.05, 0.1) is 4.90 Å². The van der Waals surface area contributed by atoms with Crippen molar-refractivity contribution >= 4 is 27.5 Å². The highest BCUT2D eigenvalue weighted by atomic mass is 32.2. The molecule has 0 aliphatic carbocycles. The van der Waals surface area contributed by atoms with Crippen LogP contribution in [0.5, 0.6) is 0 Å². The van der Waals surface area contributed by atoms with Gasteiger partial charge in [-0.15, -0.1) is 0 Å². The average Bonchev–Trinajstić information content (AvgIpc) is 2.97. The molecular weight excluding hydrogens is 366 g/mol. The minimum absolute atomic E-state index is 0.00252. The molecule has 1 aromatic rings. The molecule has 1 atom stereocenters. The second kappa shape index (κ2) is 7.98. The molecule has 8 heteroatoms. The monoisotopic (exact) mass is 393 g/mol. The number of benzene rings is 1. The van der Waals surface area contributed by atoms with Crippen LogP contribution in [0.1, 0.15) is 45.1 Å². The van der Waals surface area contributed by atoms with Crippen molar-refractivity contribution in [1.82, 2.24) is 9.62 Å². The van der Waals surface area contributed by atoms with Gasteiger partial charge < -0.3 is 9.80 Å². The molecule has 148 valence electrons. The summed E-state index contributed by atoms with van der Waals surface area (Å²) < 4.78 is 27.7. The van der Waals surface area contributed by atoms with Gasteiger partial charge >= 0.3 is 0 Å². The van der Waals surface area contributed by atoms with Crippen LogP contribution in [-0.2, 0) is 26.0 Å². The summed E-state index contributed by atoms with van der Waals surface area (Å²) in [5, 5.41) is 0. The number of hydrogen-bond acceptors (Lipinski definition) is 4. The van der Waals surface area contributed by atoms with E-state index in [9.17, 15) is 18.0 Å². The summed E-state index contributed by atoms with van der Waals surface area (Å²) in [7, 11) is -3.69. The van der Waals surface area contributed by atoms with Crippen molar-refractivity contribution in [3.63, 3.8) is 0 Å². The predicted octanol–water partition coefficient (Wildman–Crippen LogP) is 1.66. The van der Waals surface area contributed by atoms with E-state index < -0.39 is 10.0 Å². The normalized spacial score (nSPS) is 19.9. The first-order chi connectivity index (χ1) is 12.8. The second-order valence-corrected chi connectivity index (χ2v) is 9.09. The fourth-order valence-corrected chi connectivity index (χ4v) is 5.01. The third-order valence-corrected chi connectivity index (χ3v) is 6.71. The smallest absolute Gasteiger partial charge is 0.240 e. The van der Waals surface area contributed by atoms with Crippen LogP contribution >= 0.6 is 0 Å². The highest BCUT2D eigenvalue weighted by Crippen LogP contribution is 2.33. The standard InChI is InChI=1S/C19H27N3O4S/c1-14-12-16-13-17(6-7-18(16)22(14)15(2)23)27(25,26)20-9-8-19(24)21-10-4-3-5-11-21/h6-7,13-14,20H,3-5,8-12H2,1-2H3/t14-/m1/s1. The average molecular weight is 394 g/mol. The molecule has 1 N–H and O–H groups in total. The van der Waals surface area contributed by atoms with E-state index in [0.717, 1.165) is 43.6 Å². The maximum absolute atomic E-state index is 12.6. The molecule has 0 bridgehead atoms. The summed E-state index contributed by atoms with van der Waals surface area (Å²) in [6, 6.07) is 4.85. The minimum Gasteiger partial charge on any atom is -0.343 e. The van der Waals surface area contributed by atoms with Gasteiger partial charge in [-0.3, -0.25) is 9.59 Å². The summed E-state index contributed by atoms with van der Waals surface area (Å²) in [4.78, 5) is 27.6. The minimum atomic E-state index is -3.69. The number of anilines is 1. The first-order valence-corrected chi connectivity index (χ1v) is 11.0. The Hall–Kier alpha value is -1.93. The number of nitrogens with one attached hydrogen (secondary N) is 1. The molecule has 0 aromatic heterocycles. The molecule has 2 aliphatic heterocycles. The fraction of sp³-hybridized carbons (Fsp3) is 0.579. The van der Waals surface area contributed by atoms with Crippen molar-refractivity contribution in [2.24, 2.45) is 0 Å². The van der Waals surface area contributed by atoms with Crippen LogP contribution in [-0.4, -0.2) is 50.8 Å². The van der Waals surface area contributed by atoms with Crippen molar-refractivity contribution in [2.45, 2.75) is 56.9 Å². The van der Waals surface area contributed by atoms with E-state index >= 15 is 0 Å². The Morgan fingerprint density at radius 1 is 1.19 bits per heavy atom. The molecule has 1 fully saturated rings. The van der Waals surface area contributed by atoms with Gasteiger partial charge in [0.25, 0.3) is 0 Å². The Labute approximate surface area is 160 Å². The molecule has 0 spiro atoms. The maximum Gasteiger partial charge on any atom is 0.240 e. The van der Waals surface area contributed by atoms with Crippen LogP contribution in [0.2, 0.25) is 0 Å². The summed E-state index contributed by atoms with van der Waals surface area (Å²) in [6.07, 6.45) is 3.98. The Kier molecular flexibility index (Phi) is 5.86. The van der Waals surface area contributed by atoms with E-state index in [1.54, 1.807) is 17.0 Å². The number of likely N-dealkylation sites (tertiary alicyclic amines) is 1. The van der Waals surface area contributed by atoms with E-state index in [1.165, 1.54) is 13.0 Å². The molecule has 27 heavy (non-hydrogen) atoms. The molecule has 0 radical (unpaired) electrons. The highest BCUT2D eigenvalue weighted by Gasteiger charge is 2.30. The number of carbonyl (C=O) groups excluding carboxylic acids is 2. The first kappa shape index (κ1) is 19.8. The third-order valence-electron chi connectivity index (χ3n) is 5.26. The van der Waals surface area contributed by atoms with E-state index in [-0.39, 0.29) is 35.7 Å². The van der Waals surface area contributed by atoms with Gasteiger partial charge in [0.2, 0.25) is 21.8 Å². The quantitative estimate of drug-likeness (QED) is 0.824. The van der Waals surface area contributed by atoms with Crippen LogP contribution < -0.4 is 9.62 Å². The van der Waals surface area contributed by atoms with Crippen molar-refractivity contribution < 1.29 is 18.0 Å². The molecule has 2 heterocycles. The van der Waals surface area contributed by atoms with E-state index in [1.807, 2.05) is 11.8 Å². The lowest BCUT2D eigenvalue weighted by molar-refractivity contribution is -0.131. The lowest BCUT2D eigenvalue weighted by Gasteiger charge is -2.26. The van der Waals surface area contributed by atoms with Gasteiger partial charge in [0, 0.05) is 44.7 Å². The summed E-state index contributed by atoms with van der Waals surface area (Å²) in [6.45, 7) is 5.07. The third kappa shape index (κ3) is 4.32. The van der Waals surface area contributed by atoms with Gasteiger partial charge in [-0.2, -0.15) is 0 Å². The number of rotatable bonds is 5. The number of amides is 2. The van der Waals surface area contributed by atoms with E-state index in [4.69, 9.17) is 0 Å². The number of piperidine rings is 1. The summed E-state index contributed by atoms with van der Waals surface area (Å²) >= 11 is 0. The topological polar surface area (TPSA) is 86.8 Å². The zero-order chi connectivity index (χ0) is 19.6. The Bertz CT molecular complexity index is 831. The number of hydrogen-bond donors (Lipinski definition) is 1. The van der Waals surface area contributed by atoms with Crippen molar-refractivity contribution in [2.75, 3.05) is 24.5 Å². The predicted molar refractivity (Wildman–Crippen MR) is 103 cm³/mol. The Morgan fingerprint density at radius 3 is 2.56 bits per heavy atom. The van der Waals surface area contributed by atoms with Crippen molar-refractivity contribution in [3.05, 3.63) is 23.8 Å². The van der Waals surface area contributed by atoms with Crippen LogP contribution in [0, 0.1) is 0 Å². The second-order valence-electron chi connectivity index (χ2n) is 7.32. The SMILES string of the molecule is CC(=O)N1c2ccc(S(=O)(=O)NCCC(=O)N3CCCCC3)cc2C[C@H]1C. The summed E-state index contributed by atoms with van der Waals surface area (Å²) in [5.41, 5.74) is 1.62. The zero-order valence-corrected chi connectivity index (χ0v) is 16.7. The molecule has 0 saturated carbocycles. The first-order valence-electron chi connectivity index (χ1n) is 9.50.